The second kappa shape index (κ2) is 8.90. The summed E-state index contributed by atoms with van der Waals surface area (Å²) in [4.78, 5) is 4.65. The normalized spacial score (nSPS) is 17.8. The molecule has 1 fully saturated rings. The van der Waals surface area contributed by atoms with Crippen molar-refractivity contribution in [3.05, 3.63) is 77.6 Å². The Morgan fingerprint density at radius 3 is 2.40 bits per heavy atom. The number of β-amino-alcohol motifs (C(OH)–C–C–N with tert-alkyl or cyclic N) is 1. The largest absolute Gasteiger partial charge is 0.387 e. The number of hydrogen-bond acceptors (Lipinski definition) is 3. The van der Waals surface area contributed by atoms with E-state index in [0.717, 1.165) is 32.7 Å². The Labute approximate surface area is 149 Å². The van der Waals surface area contributed by atoms with Crippen molar-refractivity contribution in [3.8, 4) is 0 Å². The van der Waals surface area contributed by atoms with Gasteiger partial charge in [-0.15, -0.1) is 0 Å². The number of aliphatic hydroxyl groups excluding tert-OH is 1. The van der Waals surface area contributed by atoms with Gasteiger partial charge in [-0.05, 0) is 23.3 Å². The lowest BCUT2D eigenvalue weighted by molar-refractivity contribution is 0.0762. The average molecular weight is 340 g/mol. The minimum absolute atomic E-state index is 0.299. The van der Waals surface area contributed by atoms with E-state index in [1.165, 1.54) is 17.7 Å². The molecule has 0 bridgehead atoms. The lowest BCUT2D eigenvalue weighted by atomic mass is 10.1. The SMILES string of the molecule is OC(CN1CCN(CC=Cc2ccccc2)CC1)c1cccc(F)c1. The van der Waals surface area contributed by atoms with Crippen molar-refractivity contribution >= 4 is 6.08 Å². The van der Waals surface area contributed by atoms with Gasteiger partial charge in [-0.3, -0.25) is 9.80 Å². The number of nitrogens with zero attached hydrogens (tertiary/aromatic N) is 2. The number of rotatable bonds is 6. The maximum atomic E-state index is 13.3. The Morgan fingerprint density at radius 1 is 0.960 bits per heavy atom. The first-order chi connectivity index (χ1) is 12.2. The average Bonchev–Trinajstić information content (AvgIpc) is 2.64. The molecule has 1 saturated heterocycles. The molecular formula is C21H25FN2O. The quantitative estimate of drug-likeness (QED) is 0.875. The van der Waals surface area contributed by atoms with Crippen LogP contribution in [-0.2, 0) is 0 Å². The number of piperazine rings is 1. The van der Waals surface area contributed by atoms with E-state index < -0.39 is 6.10 Å². The third kappa shape index (κ3) is 5.49. The van der Waals surface area contributed by atoms with Crippen molar-refractivity contribution in [1.29, 1.82) is 0 Å². The van der Waals surface area contributed by atoms with E-state index in [2.05, 4.69) is 34.1 Å². The first-order valence-corrected chi connectivity index (χ1v) is 8.80. The second-order valence-corrected chi connectivity index (χ2v) is 6.49. The Morgan fingerprint density at radius 2 is 1.68 bits per heavy atom. The molecule has 3 rings (SSSR count). The van der Waals surface area contributed by atoms with Crippen LogP contribution in [0.3, 0.4) is 0 Å². The molecule has 0 radical (unpaired) electrons. The molecule has 1 heterocycles. The van der Waals surface area contributed by atoms with Gasteiger partial charge in [-0.1, -0.05) is 54.6 Å². The first-order valence-electron chi connectivity index (χ1n) is 8.80. The van der Waals surface area contributed by atoms with Crippen molar-refractivity contribution in [2.75, 3.05) is 39.3 Å². The van der Waals surface area contributed by atoms with Crippen LogP contribution in [0.4, 0.5) is 4.39 Å². The highest BCUT2D eigenvalue weighted by Gasteiger charge is 2.19. The smallest absolute Gasteiger partial charge is 0.123 e. The molecule has 132 valence electrons. The van der Waals surface area contributed by atoms with Crippen LogP contribution in [0.5, 0.6) is 0 Å². The second-order valence-electron chi connectivity index (χ2n) is 6.49. The summed E-state index contributed by atoms with van der Waals surface area (Å²) in [5, 5.41) is 10.3. The predicted molar refractivity (Wildman–Crippen MR) is 99.7 cm³/mol. The van der Waals surface area contributed by atoms with Gasteiger partial charge in [-0.25, -0.2) is 4.39 Å². The van der Waals surface area contributed by atoms with Gasteiger partial charge in [-0.2, -0.15) is 0 Å². The lowest BCUT2D eigenvalue weighted by Crippen LogP contribution is -2.47. The van der Waals surface area contributed by atoms with Gasteiger partial charge < -0.3 is 5.11 Å². The molecule has 1 N–H and O–H groups in total. The van der Waals surface area contributed by atoms with E-state index in [4.69, 9.17) is 0 Å². The molecule has 1 aliphatic heterocycles. The van der Waals surface area contributed by atoms with Crippen LogP contribution in [0.15, 0.2) is 60.7 Å². The molecule has 0 saturated carbocycles. The third-order valence-electron chi connectivity index (χ3n) is 4.60. The minimum Gasteiger partial charge on any atom is -0.387 e. The van der Waals surface area contributed by atoms with Crippen molar-refractivity contribution in [3.63, 3.8) is 0 Å². The summed E-state index contributed by atoms with van der Waals surface area (Å²) in [5.41, 5.74) is 1.87. The maximum absolute atomic E-state index is 13.3. The van der Waals surface area contributed by atoms with E-state index in [-0.39, 0.29) is 5.82 Å². The van der Waals surface area contributed by atoms with Crippen molar-refractivity contribution in [1.82, 2.24) is 9.80 Å². The molecule has 1 atom stereocenters. The highest BCUT2D eigenvalue weighted by Crippen LogP contribution is 2.16. The lowest BCUT2D eigenvalue weighted by Gasteiger charge is -2.35. The maximum Gasteiger partial charge on any atom is 0.123 e. The number of halogens is 1. The summed E-state index contributed by atoms with van der Waals surface area (Å²) >= 11 is 0. The summed E-state index contributed by atoms with van der Waals surface area (Å²) in [6.45, 7) is 5.30. The first kappa shape index (κ1) is 17.8. The molecule has 0 amide bonds. The summed E-state index contributed by atoms with van der Waals surface area (Å²) in [5.74, 6) is -0.299. The van der Waals surface area contributed by atoms with Gasteiger partial charge >= 0.3 is 0 Å². The van der Waals surface area contributed by atoms with Crippen LogP contribution in [0.25, 0.3) is 6.08 Å². The van der Waals surface area contributed by atoms with Crippen molar-refractivity contribution in [2.45, 2.75) is 6.10 Å². The molecule has 0 aliphatic carbocycles. The molecule has 1 aliphatic rings. The zero-order valence-electron chi connectivity index (χ0n) is 14.4. The summed E-state index contributed by atoms with van der Waals surface area (Å²) in [6, 6.07) is 16.5. The van der Waals surface area contributed by atoms with Crippen LogP contribution in [-0.4, -0.2) is 54.2 Å². The summed E-state index contributed by atoms with van der Waals surface area (Å²) < 4.78 is 13.3. The van der Waals surface area contributed by atoms with E-state index in [9.17, 15) is 9.50 Å². The summed E-state index contributed by atoms with van der Waals surface area (Å²) in [6.07, 6.45) is 3.72. The van der Waals surface area contributed by atoms with E-state index in [1.54, 1.807) is 12.1 Å². The molecule has 0 spiro atoms. The Balaban J connectivity index is 1.42. The highest BCUT2D eigenvalue weighted by atomic mass is 19.1. The molecule has 2 aromatic carbocycles. The van der Waals surface area contributed by atoms with Gasteiger partial charge in [0.15, 0.2) is 0 Å². The van der Waals surface area contributed by atoms with E-state index in [0.29, 0.717) is 12.1 Å². The fourth-order valence-corrected chi connectivity index (χ4v) is 3.12. The number of benzene rings is 2. The van der Waals surface area contributed by atoms with Crippen LogP contribution in [0.1, 0.15) is 17.2 Å². The standard InChI is InChI=1S/C21H25FN2O/c22-20-10-4-9-19(16-20)21(25)17-24-14-12-23(13-15-24)11-5-8-18-6-2-1-3-7-18/h1-10,16,21,25H,11-15,17H2. The Bertz CT molecular complexity index is 681. The van der Waals surface area contributed by atoms with Gasteiger partial charge in [0, 0.05) is 39.3 Å². The highest BCUT2D eigenvalue weighted by molar-refractivity contribution is 5.48. The number of aliphatic hydroxyl groups is 1. The van der Waals surface area contributed by atoms with Gasteiger partial charge in [0.2, 0.25) is 0 Å². The third-order valence-corrected chi connectivity index (χ3v) is 4.60. The van der Waals surface area contributed by atoms with Crippen molar-refractivity contribution in [2.24, 2.45) is 0 Å². The molecule has 2 aromatic rings. The van der Waals surface area contributed by atoms with Gasteiger partial charge in [0.1, 0.15) is 5.82 Å². The fourth-order valence-electron chi connectivity index (χ4n) is 3.12. The zero-order chi connectivity index (χ0) is 17.5. The topological polar surface area (TPSA) is 26.7 Å². The molecule has 25 heavy (non-hydrogen) atoms. The zero-order valence-corrected chi connectivity index (χ0v) is 14.4. The van der Waals surface area contributed by atoms with Crippen LogP contribution >= 0.6 is 0 Å². The molecule has 4 heteroatoms. The molecule has 0 aromatic heterocycles. The van der Waals surface area contributed by atoms with Gasteiger partial charge in [0.25, 0.3) is 0 Å². The fraction of sp³-hybridized carbons (Fsp3) is 0.333. The monoisotopic (exact) mass is 340 g/mol. The predicted octanol–water partition coefficient (Wildman–Crippen LogP) is 3.19. The van der Waals surface area contributed by atoms with E-state index in [1.807, 2.05) is 18.2 Å². The summed E-state index contributed by atoms with van der Waals surface area (Å²) in [7, 11) is 0. The molecular weight excluding hydrogens is 315 g/mol. The minimum atomic E-state index is -0.639. The van der Waals surface area contributed by atoms with Crippen molar-refractivity contribution < 1.29 is 9.50 Å². The van der Waals surface area contributed by atoms with E-state index >= 15 is 0 Å². The Hall–Kier alpha value is -2.01. The molecule has 1 unspecified atom stereocenters. The Kier molecular flexibility index (Phi) is 6.34. The van der Waals surface area contributed by atoms with Crippen LogP contribution in [0, 0.1) is 5.82 Å². The molecule has 3 nitrogen and oxygen atoms in total. The van der Waals surface area contributed by atoms with Gasteiger partial charge in [0.05, 0.1) is 6.10 Å². The van der Waals surface area contributed by atoms with Crippen LogP contribution in [0.2, 0.25) is 0 Å². The number of hydrogen-bond donors (Lipinski definition) is 1. The van der Waals surface area contributed by atoms with Crippen LogP contribution < -0.4 is 0 Å².